The quantitative estimate of drug-likeness (QED) is 0.0285. The van der Waals surface area contributed by atoms with Gasteiger partial charge in [0.1, 0.15) is 6.61 Å². The van der Waals surface area contributed by atoms with Gasteiger partial charge in [0.2, 0.25) is 0 Å². The number of quaternary nitrogens is 1. The summed E-state index contributed by atoms with van der Waals surface area (Å²) < 4.78 is 17.3. The van der Waals surface area contributed by atoms with E-state index in [1.165, 1.54) is 122 Å². The van der Waals surface area contributed by atoms with Gasteiger partial charge in [-0.3, -0.25) is 9.59 Å². The molecule has 0 aromatic rings. The fourth-order valence-electron chi connectivity index (χ4n) is 6.73. The standard InChI is InChI=1S/C47H87NO7/c1-6-8-10-12-14-16-18-20-22-23-24-26-28-30-32-34-36-38-46(50)55-43(41-53-40-39-44(47(51)52)48(3,4)5)42-54-45(49)37-35-33-31-29-27-25-21-19-17-15-13-11-9-7-2/h20,22,25,27,43-44H,6-19,21,23-24,26,28-42H2,1-5H3/p+1/b22-20+,27-25+. The number of aliphatic carboxylic acids is 1. The van der Waals surface area contributed by atoms with Crippen molar-refractivity contribution in [2.45, 2.75) is 219 Å². The average molecular weight is 779 g/mol. The molecule has 0 saturated carbocycles. The lowest BCUT2D eigenvalue weighted by atomic mass is 10.1. The summed E-state index contributed by atoms with van der Waals surface area (Å²) in [6.07, 6.45) is 42.2. The number of carboxylic acid groups (broad SMARTS) is 1. The van der Waals surface area contributed by atoms with Crippen LogP contribution in [0.5, 0.6) is 0 Å². The summed E-state index contributed by atoms with van der Waals surface area (Å²) in [5, 5.41) is 9.62. The molecular formula is C47H88NO7+. The van der Waals surface area contributed by atoms with E-state index >= 15 is 0 Å². The molecule has 0 aliphatic heterocycles. The maximum Gasteiger partial charge on any atom is 0.362 e. The molecule has 0 fully saturated rings. The van der Waals surface area contributed by atoms with E-state index in [0.29, 0.717) is 19.3 Å². The first kappa shape index (κ1) is 52.8. The molecule has 0 heterocycles. The van der Waals surface area contributed by atoms with Crippen LogP contribution in [0.3, 0.4) is 0 Å². The molecule has 0 spiro atoms. The molecule has 0 rings (SSSR count). The van der Waals surface area contributed by atoms with Crippen molar-refractivity contribution in [3.63, 3.8) is 0 Å². The summed E-state index contributed by atoms with van der Waals surface area (Å²) in [5.74, 6) is -1.48. The van der Waals surface area contributed by atoms with E-state index < -0.39 is 18.1 Å². The van der Waals surface area contributed by atoms with Crippen molar-refractivity contribution in [3.8, 4) is 0 Å². The van der Waals surface area contributed by atoms with Gasteiger partial charge in [0.25, 0.3) is 0 Å². The highest BCUT2D eigenvalue weighted by Crippen LogP contribution is 2.14. The van der Waals surface area contributed by atoms with Crippen molar-refractivity contribution in [3.05, 3.63) is 24.3 Å². The molecule has 0 aromatic carbocycles. The first-order valence-electron chi connectivity index (χ1n) is 22.9. The van der Waals surface area contributed by atoms with Crippen LogP contribution in [0.25, 0.3) is 0 Å². The lowest BCUT2D eigenvalue weighted by Gasteiger charge is -2.31. The molecule has 322 valence electrons. The molecule has 0 bridgehead atoms. The van der Waals surface area contributed by atoms with Crippen LogP contribution in [0.15, 0.2) is 24.3 Å². The summed E-state index contributed by atoms with van der Waals surface area (Å²) in [6, 6.07) is -0.615. The molecular weight excluding hydrogens is 691 g/mol. The van der Waals surface area contributed by atoms with Crippen molar-refractivity contribution >= 4 is 17.9 Å². The van der Waals surface area contributed by atoms with Gasteiger partial charge in [0, 0.05) is 19.3 Å². The zero-order valence-electron chi connectivity index (χ0n) is 36.6. The topological polar surface area (TPSA) is 99.1 Å². The van der Waals surface area contributed by atoms with Crippen LogP contribution in [0.4, 0.5) is 0 Å². The van der Waals surface area contributed by atoms with Crippen molar-refractivity contribution in [1.29, 1.82) is 0 Å². The van der Waals surface area contributed by atoms with Gasteiger partial charge in [-0.2, -0.15) is 0 Å². The molecule has 0 radical (unpaired) electrons. The zero-order valence-corrected chi connectivity index (χ0v) is 36.6. The highest BCUT2D eigenvalue weighted by molar-refractivity contribution is 5.72. The second kappa shape index (κ2) is 38.7. The Balaban J connectivity index is 4.34. The maximum absolute atomic E-state index is 12.7. The highest BCUT2D eigenvalue weighted by Gasteiger charge is 2.31. The molecule has 0 aliphatic carbocycles. The number of hydrogen-bond donors (Lipinski definition) is 1. The van der Waals surface area contributed by atoms with Crippen molar-refractivity contribution < 1.29 is 38.2 Å². The second-order valence-electron chi connectivity index (χ2n) is 16.7. The van der Waals surface area contributed by atoms with E-state index in [1.807, 2.05) is 21.1 Å². The van der Waals surface area contributed by atoms with Gasteiger partial charge in [-0.1, -0.05) is 147 Å². The van der Waals surface area contributed by atoms with Crippen LogP contribution in [0.2, 0.25) is 0 Å². The van der Waals surface area contributed by atoms with Crippen LogP contribution in [-0.4, -0.2) is 80.6 Å². The third kappa shape index (κ3) is 37.2. The third-order valence-corrected chi connectivity index (χ3v) is 10.3. The van der Waals surface area contributed by atoms with Crippen LogP contribution in [0, 0.1) is 0 Å². The molecule has 0 saturated heterocycles. The number of carbonyl (C=O) groups excluding carboxylic acids is 2. The maximum atomic E-state index is 12.7. The predicted molar refractivity (Wildman–Crippen MR) is 229 cm³/mol. The molecule has 0 aromatic heterocycles. The number of likely N-dealkylation sites (N-methyl/N-ethyl adjacent to an activating group) is 1. The lowest BCUT2D eigenvalue weighted by molar-refractivity contribution is -0.887. The fourth-order valence-corrected chi connectivity index (χ4v) is 6.73. The Hall–Kier alpha value is -2.19. The van der Waals surface area contributed by atoms with Gasteiger partial charge < -0.3 is 23.8 Å². The van der Waals surface area contributed by atoms with Crippen LogP contribution >= 0.6 is 0 Å². The lowest BCUT2D eigenvalue weighted by Crippen LogP contribution is -2.50. The second-order valence-corrected chi connectivity index (χ2v) is 16.7. The number of esters is 2. The number of hydrogen-bond acceptors (Lipinski definition) is 6. The third-order valence-electron chi connectivity index (χ3n) is 10.3. The average Bonchev–Trinajstić information content (AvgIpc) is 3.14. The van der Waals surface area contributed by atoms with Crippen molar-refractivity contribution in [2.24, 2.45) is 0 Å². The summed E-state index contributed by atoms with van der Waals surface area (Å²) in [6.45, 7) is 4.72. The SMILES string of the molecule is CCCCCCCC/C=C/CCCCCCCCCC(=O)OC(COCCC(C(=O)O)[N+](C)(C)C)COC(=O)CCCCC/C=C/CCCCCCCCC. The molecule has 8 nitrogen and oxygen atoms in total. The van der Waals surface area contributed by atoms with E-state index in [9.17, 15) is 19.5 Å². The summed E-state index contributed by atoms with van der Waals surface area (Å²) in [5.41, 5.74) is 0. The smallest absolute Gasteiger partial charge is 0.362 e. The van der Waals surface area contributed by atoms with Gasteiger partial charge >= 0.3 is 17.9 Å². The first-order chi connectivity index (χ1) is 26.6. The summed E-state index contributed by atoms with van der Waals surface area (Å²) in [7, 11) is 5.53. The Kier molecular flexibility index (Phi) is 37.1. The Bertz CT molecular complexity index is 957. The molecule has 2 unspecified atom stereocenters. The normalized spacial score (nSPS) is 13.1. The Morgan fingerprint density at radius 3 is 1.33 bits per heavy atom. The molecule has 2 atom stereocenters. The van der Waals surface area contributed by atoms with Gasteiger partial charge in [0.15, 0.2) is 12.1 Å². The summed E-state index contributed by atoms with van der Waals surface area (Å²) >= 11 is 0. The molecule has 1 N–H and O–H groups in total. The zero-order chi connectivity index (χ0) is 40.7. The van der Waals surface area contributed by atoms with Gasteiger partial charge in [0.05, 0.1) is 34.4 Å². The number of ether oxygens (including phenoxy) is 3. The van der Waals surface area contributed by atoms with E-state index in [4.69, 9.17) is 14.2 Å². The highest BCUT2D eigenvalue weighted by atomic mass is 16.6. The molecule has 8 heteroatoms. The Morgan fingerprint density at radius 2 is 0.909 bits per heavy atom. The molecule has 55 heavy (non-hydrogen) atoms. The van der Waals surface area contributed by atoms with E-state index in [2.05, 4.69) is 38.2 Å². The van der Waals surface area contributed by atoms with E-state index in [1.54, 1.807) is 0 Å². The molecule has 0 aliphatic rings. The number of rotatable bonds is 41. The van der Waals surface area contributed by atoms with Gasteiger partial charge in [-0.05, 0) is 64.2 Å². The number of carbonyl (C=O) groups is 3. The van der Waals surface area contributed by atoms with Gasteiger partial charge in [-0.15, -0.1) is 0 Å². The monoisotopic (exact) mass is 779 g/mol. The van der Waals surface area contributed by atoms with Crippen molar-refractivity contribution in [2.75, 3.05) is 41.0 Å². The minimum atomic E-state index is -0.876. The number of unbranched alkanes of at least 4 members (excludes halogenated alkanes) is 23. The van der Waals surface area contributed by atoms with E-state index in [0.717, 1.165) is 51.4 Å². The minimum Gasteiger partial charge on any atom is -0.477 e. The van der Waals surface area contributed by atoms with Gasteiger partial charge in [-0.25, -0.2) is 4.79 Å². The fraction of sp³-hybridized carbons (Fsp3) is 0.851. The van der Waals surface area contributed by atoms with Crippen LogP contribution < -0.4 is 0 Å². The van der Waals surface area contributed by atoms with E-state index in [-0.39, 0.29) is 36.2 Å². The largest absolute Gasteiger partial charge is 0.477 e. The molecule has 0 amide bonds. The Morgan fingerprint density at radius 1 is 0.527 bits per heavy atom. The number of nitrogens with zero attached hydrogens (tertiary/aromatic N) is 1. The predicted octanol–water partition coefficient (Wildman–Crippen LogP) is 12.5. The van der Waals surface area contributed by atoms with Crippen molar-refractivity contribution in [1.82, 2.24) is 0 Å². The van der Waals surface area contributed by atoms with Crippen LogP contribution in [-0.2, 0) is 28.6 Å². The minimum absolute atomic E-state index is 0.0575. The summed E-state index contributed by atoms with van der Waals surface area (Å²) in [4.78, 5) is 37.0. The Labute approximate surface area is 339 Å². The number of allylic oxidation sites excluding steroid dienone is 4. The first-order valence-corrected chi connectivity index (χ1v) is 22.9. The number of carboxylic acids is 1. The van der Waals surface area contributed by atoms with Crippen LogP contribution in [0.1, 0.15) is 206 Å².